The van der Waals surface area contributed by atoms with Crippen molar-refractivity contribution in [3.05, 3.63) is 0 Å². The lowest BCUT2D eigenvalue weighted by atomic mass is 10.2. The predicted molar refractivity (Wildman–Crippen MR) is 36.6 cm³/mol. The van der Waals surface area contributed by atoms with Gasteiger partial charge in [0.15, 0.2) is 0 Å². The number of rotatable bonds is 2. The van der Waals surface area contributed by atoms with Gasteiger partial charge in [0.05, 0.1) is 12.2 Å². The largest absolute Gasteiger partial charge is 0.391 e. The van der Waals surface area contributed by atoms with Gasteiger partial charge >= 0.3 is 0 Å². The lowest BCUT2D eigenvalue weighted by Crippen LogP contribution is -2.32. The lowest BCUT2D eigenvalue weighted by Gasteiger charge is -2.23. The first-order valence-electron chi connectivity index (χ1n) is 3.42. The fourth-order valence-corrected chi connectivity index (χ4v) is 0.821. The van der Waals surface area contributed by atoms with Crippen LogP contribution < -0.4 is 0 Å². The first-order chi connectivity index (χ1) is 4.47. The van der Waals surface area contributed by atoms with Crippen LogP contribution in [0.25, 0.3) is 0 Å². The highest BCUT2D eigenvalue weighted by Crippen LogP contribution is 2.32. The van der Waals surface area contributed by atoms with Crippen LogP contribution >= 0.6 is 0 Å². The summed E-state index contributed by atoms with van der Waals surface area (Å²) in [6.07, 6.45) is 0. The molecule has 0 aromatic carbocycles. The molecule has 0 aliphatic carbocycles. The van der Waals surface area contributed by atoms with Crippen molar-refractivity contribution in [3.63, 3.8) is 0 Å². The molecule has 10 heavy (non-hydrogen) atoms. The van der Waals surface area contributed by atoms with E-state index in [0.717, 1.165) is 0 Å². The van der Waals surface area contributed by atoms with Gasteiger partial charge in [0.1, 0.15) is 6.61 Å². The number of hydrogen-bond acceptors (Lipinski definition) is 3. The van der Waals surface area contributed by atoms with Crippen molar-refractivity contribution in [1.29, 1.82) is 0 Å². The number of ether oxygens (including phenoxy) is 2. The summed E-state index contributed by atoms with van der Waals surface area (Å²) >= 11 is 0. The summed E-state index contributed by atoms with van der Waals surface area (Å²) in [5.74, 6) is -0.668. The predicted octanol–water partition coefficient (Wildman–Crippen LogP) is 0.520. The third kappa shape index (κ3) is 1.94. The Kier molecular flexibility index (Phi) is 1.75. The fourth-order valence-electron chi connectivity index (χ4n) is 0.821. The second-order valence-electron chi connectivity index (χ2n) is 3.57. The number of hydrogen-bond donors (Lipinski definition) is 1. The van der Waals surface area contributed by atoms with Crippen LogP contribution in [0.5, 0.6) is 0 Å². The summed E-state index contributed by atoms with van der Waals surface area (Å²) in [4.78, 5) is 0. The normalized spacial score (nSPS) is 32.4. The summed E-state index contributed by atoms with van der Waals surface area (Å²) in [7, 11) is 0. The standard InChI is InChI=1S/C7H14O3/c1-6(2,3)10-7(4-8)5-9-7/h8H,4-5H2,1-3H3/t7-/m0/s1. The first kappa shape index (κ1) is 7.98. The molecule has 0 aromatic rings. The Morgan fingerprint density at radius 3 is 2.20 bits per heavy atom. The van der Waals surface area contributed by atoms with Crippen molar-refractivity contribution in [2.75, 3.05) is 13.2 Å². The van der Waals surface area contributed by atoms with Gasteiger partial charge in [-0.05, 0) is 20.8 Å². The van der Waals surface area contributed by atoms with E-state index in [1.165, 1.54) is 0 Å². The van der Waals surface area contributed by atoms with Crippen LogP contribution in [0, 0.1) is 0 Å². The van der Waals surface area contributed by atoms with E-state index in [9.17, 15) is 0 Å². The zero-order valence-corrected chi connectivity index (χ0v) is 6.68. The number of epoxide rings is 1. The van der Waals surface area contributed by atoms with E-state index in [4.69, 9.17) is 14.6 Å². The Morgan fingerprint density at radius 1 is 1.60 bits per heavy atom. The Bertz CT molecular complexity index is 121. The van der Waals surface area contributed by atoms with Crippen molar-refractivity contribution < 1.29 is 14.6 Å². The summed E-state index contributed by atoms with van der Waals surface area (Å²) in [5.41, 5.74) is -0.237. The molecule has 60 valence electrons. The molecule has 1 saturated heterocycles. The summed E-state index contributed by atoms with van der Waals surface area (Å²) in [6, 6.07) is 0. The molecule has 1 aliphatic heterocycles. The zero-order chi connectivity index (χ0) is 7.83. The monoisotopic (exact) mass is 146 g/mol. The molecule has 1 aliphatic rings. The van der Waals surface area contributed by atoms with Gasteiger partial charge in [-0.15, -0.1) is 0 Å². The minimum Gasteiger partial charge on any atom is -0.391 e. The van der Waals surface area contributed by atoms with Crippen LogP contribution in [0.1, 0.15) is 20.8 Å². The maximum absolute atomic E-state index is 8.77. The molecule has 0 amide bonds. The first-order valence-corrected chi connectivity index (χ1v) is 3.42. The van der Waals surface area contributed by atoms with Gasteiger partial charge in [-0.2, -0.15) is 0 Å². The van der Waals surface area contributed by atoms with E-state index >= 15 is 0 Å². The Balaban J connectivity index is 2.38. The molecular weight excluding hydrogens is 132 g/mol. The van der Waals surface area contributed by atoms with Crippen LogP contribution in [0.4, 0.5) is 0 Å². The minimum atomic E-state index is -0.668. The zero-order valence-electron chi connectivity index (χ0n) is 6.68. The van der Waals surface area contributed by atoms with Crippen LogP contribution in [-0.4, -0.2) is 29.7 Å². The highest BCUT2D eigenvalue weighted by Gasteiger charge is 2.48. The lowest BCUT2D eigenvalue weighted by molar-refractivity contribution is -0.146. The Morgan fingerprint density at radius 2 is 2.10 bits per heavy atom. The Labute approximate surface area is 60.9 Å². The van der Waals surface area contributed by atoms with Crippen LogP contribution in [0.2, 0.25) is 0 Å². The molecule has 0 unspecified atom stereocenters. The van der Waals surface area contributed by atoms with Gasteiger partial charge in [-0.1, -0.05) is 0 Å². The van der Waals surface area contributed by atoms with E-state index in [0.29, 0.717) is 6.61 Å². The molecule has 1 N–H and O–H groups in total. The van der Waals surface area contributed by atoms with Crippen molar-refractivity contribution >= 4 is 0 Å². The number of aliphatic hydroxyl groups excluding tert-OH is 1. The third-order valence-electron chi connectivity index (χ3n) is 1.20. The molecule has 0 aromatic heterocycles. The van der Waals surface area contributed by atoms with Gasteiger partial charge in [-0.3, -0.25) is 0 Å². The highest BCUT2D eigenvalue weighted by molar-refractivity contribution is 4.83. The smallest absolute Gasteiger partial charge is 0.216 e. The van der Waals surface area contributed by atoms with E-state index < -0.39 is 5.79 Å². The van der Waals surface area contributed by atoms with E-state index in [1.54, 1.807) is 0 Å². The molecule has 0 radical (unpaired) electrons. The average Bonchev–Trinajstić information content (AvgIpc) is 2.45. The molecule has 1 rings (SSSR count). The average molecular weight is 146 g/mol. The van der Waals surface area contributed by atoms with Crippen molar-refractivity contribution in [2.24, 2.45) is 0 Å². The summed E-state index contributed by atoms with van der Waals surface area (Å²) in [6.45, 7) is 6.27. The van der Waals surface area contributed by atoms with Crippen molar-refractivity contribution in [1.82, 2.24) is 0 Å². The van der Waals surface area contributed by atoms with Gasteiger partial charge in [-0.25, -0.2) is 0 Å². The van der Waals surface area contributed by atoms with Gasteiger partial charge in [0.2, 0.25) is 5.79 Å². The Hall–Kier alpha value is -0.120. The van der Waals surface area contributed by atoms with Gasteiger partial charge < -0.3 is 14.6 Å². The topological polar surface area (TPSA) is 42.0 Å². The fraction of sp³-hybridized carbons (Fsp3) is 1.00. The number of aliphatic hydroxyl groups is 1. The van der Waals surface area contributed by atoms with E-state index in [-0.39, 0.29) is 12.2 Å². The van der Waals surface area contributed by atoms with E-state index in [1.807, 2.05) is 20.8 Å². The molecule has 1 atom stereocenters. The third-order valence-corrected chi connectivity index (χ3v) is 1.20. The quantitative estimate of drug-likeness (QED) is 0.577. The summed E-state index contributed by atoms with van der Waals surface area (Å²) in [5, 5.41) is 8.77. The van der Waals surface area contributed by atoms with Crippen LogP contribution in [0.15, 0.2) is 0 Å². The molecule has 3 nitrogen and oxygen atoms in total. The molecular formula is C7H14O3. The van der Waals surface area contributed by atoms with Gasteiger partial charge in [0, 0.05) is 0 Å². The maximum Gasteiger partial charge on any atom is 0.216 e. The molecule has 1 heterocycles. The second kappa shape index (κ2) is 2.19. The summed E-state index contributed by atoms with van der Waals surface area (Å²) < 4.78 is 10.4. The minimum absolute atomic E-state index is 0.0513. The SMILES string of the molecule is CC(C)(C)O[C@@]1(CO)CO1. The van der Waals surface area contributed by atoms with E-state index in [2.05, 4.69) is 0 Å². The molecule has 0 bridgehead atoms. The maximum atomic E-state index is 8.77. The molecule has 0 spiro atoms. The van der Waals surface area contributed by atoms with Crippen molar-refractivity contribution in [2.45, 2.75) is 32.2 Å². The highest BCUT2D eigenvalue weighted by atomic mass is 16.8. The van der Waals surface area contributed by atoms with Gasteiger partial charge in [0.25, 0.3) is 0 Å². The molecule has 3 heteroatoms. The molecule has 1 fully saturated rings. The molecule has 0 saturated carbocycles. The van der Waals surface area contributed by atoms with Crippen LogP contribution in [0.3, 0.4) is 0 Å². The second-order valence-corrected chi connectivity index (χ2v) is 3.57. The van der Waals surface area contributed by atoms with Crippen molar-refractivity contribution in [3.8, 4) is 0 Å². The van der Waals surface area contributed by atoms with Crippen LogP contribution in [-0.2, 0) is 9.47 Å².